The number of para-hydroxylation sites is 2. The number of benzene rings is 8. The molecule has 0 spiro atoms. The summed E-state index contributed by atoms with van der Waals surface area (Å²) in [7, 11) is 0. The fourth-order valence-electron chi connectivity index (χ4n) is 9.68. The second-order valence-corrected chi connectivity index (χ2v) is 16.8. The van der Waals surface area contributed by atoms with Crippen molar-refractivity contribution >= 4 is 43.6 Å². The van der Waals surface area contributed by atoms with E-state index >= 15 is 0 Å². The molecule has 0 bridgehead atoms. The van der Waals surface area contributed by atoms with E-state index in [9.17, 15) is 15.8 Å². The van der Waals surface area contributed by atoms with Gasteiger partial charge in [0.1, 0.15) is 11.6 Å². The smallest absolute Gasteiger partial charge is 0.104 e. The van der Waals surface area contributed by atoms with Crippen LogP contribution in [-0.2, 0) is 0 Å². The van der Waals surface area contributed by atoms with Crippen molar-refractivity contribution in [3.63, 3.8) is 0 Å². The molecule has 0 aliphatic heterocycles. The van der Waals surface area contributed by atoms with Gasteiger partial charge in [-0.2, -0.15) is 15.8 Å². The van der Waals surface area contributed by atoms with Gasteiger partial charge >= 0.3 is 0 Å². The molecule has 0 aliphatic carbocycles. The highest BCUT2D eigenvalue weighted by Gasteiger charge is 2.23. The van der Waals surface area contributed by atoms with Crippen LogP contribution in [0.2, 0.25) is 0 Å². The van der Waals surface area contributed by atoms with E-state index in [1.807, 2.05) is 85.2 Å². The zero-order valence-corrected chi connectivity index (χ0v) is 36.3. The quantitative estimate of drug-likeness (QED) is 0.159. The van der Waals surface area contributed by atoms with Crippen molar-refractivity contribution in [1.82, 2.24) is 19.1 Å². The van der Waals surface area contributed by atoms with E-state index < -0.39 is 0 Å². The molecule has 4 aromatic heterocycles. The Morgan fingerprint density at radius 3 is 1.15 bits per heavy atom. The van der Waals surface area contributed by atoms with Gasteiger partial charge in [0.2, 0.25) is 0 Å². The van der Waals surface area contributed by atoms with E-state index in [4.69, 9.17) is 9.97 Å². The molecule has 0 unspecified atom stereocenters. The lowest BCUT2D eigenvalue weighted by Gasteiger charge is -2.18. The van der Waals surface area contributed by atoms with Crippen LogP contribution in [0.5, 0.6) is 0 Å². The van der Waals surface area contributed by atoms with E-state index in [1.165, 1.54) is 0 Å². The van der Waals surface area contributed by atoms with Gasteiger partial charge in [-0.3, -0.25) is 9.97 Å². The molecule has 0 saturated heterocycles. The SMILES string of the molecule is N#Cc1cc(C#N)cc(-c2cc(-n3c4ccccc4c4cc(-c5ccc(-c6ccccc6)nc5)ccc43)c(C#N)c(-n3c4ccccc4c4cc(-c5ccc(-c6ccccc6)nc5)ccc43)c2)c1. The molecule has 12 rings (SSSR count). The first-order valence-corrected chi connectivity index (χ1v) is 22.2. The summed E-state index contributed by atoms with van der Waals surface area (Å²) in [5, 5.41) is 35.9. The molecule has 0 atom stereocenters. The topological polar surface area (TPSA) is 107 Å². The van der Waals surface area contributed by atoms with Crippen LogP contribution < -0.4 is 0 Å². The molecule has 0 amide bonds. The number of pyridine rings is 2. The Morgan fingerprint density at radius 1 is 0.309 bits per heavy atom. The summed E-state index contributed by atoms with van der Waals surface area (Å²) >= 11 is 0. The van der Waals surface area contributed by atoms with E-state index in [0.29, 0.717) is 33.6 Å². The molecule has 0 saturated carbocycles. The molecular formula is C61H35N7. The third-order valence-corrected chi connectivity index (χ3v) is 12.9. The summed E-state index contributed by atoms with van der Waals surface area (Å²) in [6, 6.07) is 74.5. The van der Waals surface area contributed by atoms with Crippen molar-refractivity contribution in [1.29, 1.82) is 15.8 Å². The fraction of sp³-hybridized carbons (Fsp3) is 0. The van der Waals surface area contributed by atoms with Crippen LogP contribution in [0.15, 0.2) is 213 Å². The minimum atomic E-state index is 0.373. The van der Waals surface area contributed by atoms with Gasteiger partial charge in [-0.15, -0.1) is 0 Å². The maximum atomic E-state index is 11.5. The maximum absolute atomic E-state index is 11.5. The third-order valence-electron chi connectivity index (χ3n) is 12.9. The van der Waals surface area contributed by atoms with Crippen LogP contribution in [0.1, 0.15) is 16.7 Å². The molecule has 314 valence electrons. The number of hydrogen-bond acceptors (Lipinski definition) is 5. The van der Waals surface area contributed by atoms with Crippen molar-refractivity contribution in [3.8, 4) is 85.5 Å². The van der Waals surface area contributed by atoms with Crippen LogP contribution in [0.4, 0.5) is 0 Å². The predicted molar refractivity (Wildman–Crippen MR) is 272 cm³/mol. The highest BCUT2D eigenvalue weighted by molar-refractivity contribution is 6.12. The molecule has 0 fully saturated rings. The van der Waals surface area contributed by atoms with Crippen molar-refractivity contribution in [2.24, 2.45) is 0 Å². The molecule has 0 aliphatic rings. The minimum Gasteiger partial charge on any atom is -0.308 e. The summed E-state index contributed by atoms with van der Waals surface area (Å²) in [6.07, 6.45) is 3.84. The van der Waals surface area contributed by atoms with Gasteiger partial charge in [-0.05, 0) is 101 Å². The summed E-state index contributed by atoms with van der Waals surface area (Å²) < 4.78 is 4.35. The number of hydrogen-bond donors (Lipinski definition) is 0. The molecule has 8 aromatic carbocycles. The second-order valence-electron chi connectivity index (χ2n) is 16.8. The van der Waals surface area contributed by atoms with Gasteiger partial charge in [-0.1, -0.05) is 121 Å². The van der Waals surface area contributed by atoms with Gasteiger partial charge in [-0.25, -0.2) is 0 Å². The lowest BCUT2D eigenvalue weighted by atomic mass is 9.97. The van der Waals surface area contributed by atoms with E-state index in [2.05, 4.69) is 137 Å². The minimum absolute atomic E-state index is 0.373. The van der Waals surface area contributed by atoms with Crippen molar-refractivity contribution in [3.05, 3.63) is 229 Å². The van der Waals surface area contributed by atoms with Gasteiger partial charge < -0.3 is 9.13 Å². The molecule has 12 aromatic rings. The summed E-state index contributed by atoms with van der Waals surface area (Å²) in [4.78, 5) is 9.66. The Morgan fingerprint density at radius 2 is 0.721 bits per heavy atom. The molecule has 68 heavy (non-hydrogen) atoms. The molecular weight excluding hydrogens is 831 g/mol. The average molecular weight is 866 g/mol. The second kappa shape index (κ2) is 16.3. The first-order chi connectivity index (χ1) is 33.6. The van der Waals surface area contributed by atoms with Gasteiger partial charge in [0.25, 0.3) is 0 Å². The normalized spacial score (nSPS) is 11.2. The zero-order valence-electron chi connectivity index (χ0n) is 36.3. The van der Waals surface area contributed by atoms with Crippen LogP contribution in [0.25, 0.3) is 111 Å². The van der Waals surface area contributed by atoms with E-state index in [0.717, 1.165) is 93.9 Å². The van der Waals surface area contributed by atoms with E-state index in [-0.39, 0.29) is 0 Å². The average Bonchev–Trinajstić information content (AvgIpc) is 3.93. The Kier molecular flexibility index (Phi) is 9.51. The first-order valence-electron chi connectivity index (χ1n) is 22.2. The Bertz CT molecular complexity index is 3830. The van der Waals surface area contributed by atoms with Crippen LogP contribution >= 0.6 is 0 Å². The largest absolute Gasteiger partial charge is 0.308 e. The number of fused-ring (bicyclic) bond motifs is 6. The van der Waals surface area contributed by atoms with Gasteiger partial charge in [0.15, 0.2) is 0 Å². The van der Waals surface area contributed by atoms with Crippen LogP contribution in [-0.4, -0.2) is 19.1 Å². The zero-order chi connectivity index (χ0) is 45.7. The number of rotatable bonds is 7. The van der Waals surface area contributed by atoms with Gasteiger partial charge in [0.05, 0.1) is 68.1 Å². The van der Waals surface area contributed by atoms with Crippen molar-refractivity contribution in [2.75, 3.05) is 0 Å². The Hall–Kier alpha value is -9.87. The number of nitrogens with zero attached hydrogens (tertiary/aromatic N) is 7. The molecule has 0 N–H and O–H groups in total. The highest BCUT2D eigenvalue weighted by Crippen LogP contribution is 2.42. The Labute approximate surface area is 391 Å². The fourth-order valence-corrected chi connectivity index (χ4v) is 9.68. The van der Waals surface area contributed by atoms with Crippen molar-refractivity contribution < 1.29 is 0 Å². The number of aromatic nitrogens is 4. The van der Waals surface area contributed by atoms with Gasteiger partial charge in [0, 0.05) is 56.2 Å². The third kappa shape index (κ3) is 6.65. The molecule has 7 nitrogen and oxygen atoms in total. The van der Waals surface area contributed by atoms with E-state index in [1.54, 1.807) is 18.2 Å². The lowest BCUT2D eigenvalue weighted by Crippen LogP contribution is -2.05. The number of nitriles is 3. The lowest BCUT2D eigenvalue weighted by molar-refractivity contribution is 1.12. The molecule has 4 heterocycles. The monoisotopic (exact) mass is 865 g/mol. The van der Waals surface area contributed by atoms with Crippen molar-refractivity contribution in [2.45, 2.75) is 0 Å². The molecule has 7 heteroatoms. The van der Waals surface area contributed by atoms with Crippen LogP contribution in [0.3, 0.4) is 0 Å². The summed E-state index contributed by atoms with van der Waals surface area (Å²) in [5.74, 6) is 0. The summed E-state index contributed by atoms with van der Waals surface area (Å²) in [5.41, 5.74) is 15.6. The summed E-state index contributed by atoms with van der Waals surface area (Å²) in [6.45, 7) is 0. The first kappa shape index (κ1) is 39.7. The standard InChI is InChI=1S/C61H35N7/c62-34-39-27-40(35-63)29-47(28-39)48-32-60(67-56-17-9-7-15-49(56)51-30-43(21-25-58(51)67)45-19-23-54(65-37-45)41-11-3-1-4-12-41)53(36-64)61(33-48)68-57-18-10-8-16-50(57)52-31-44(22-26-59(52)68)46-20-24-55(66-38-46)42-13-5-2-6-14-42/h1-33,37-38H. The Balaban J connectivity index is 1.08. The predicted octanol–water partition coefficient (Wildman–Crippen LogP) is 14.6. The van der Waals surface area contributed by atoms with Crippen LogP contribution in [0, 0.1) is 34.0 Å². The maximum Gasteiger partial charge on any atom is 0.104 e. The molecule has 0 radical (unpaired) electrons. The highest BCUT2D eigenvalue weighted by atomic mass is 15.0.